The van der Waals surface area contributed by atoms with E-state index in [1.54, 1.807) is 24.3 Å². The van der Waals surface area contributed by atoms with Gasteiger partial charge in [-0.05, 0) is 28.1 Å². The number of nitriles is 2. The van der Waals surface area contributed by atoms with Gasteiger partial charge in [0.15, 0.2) is 0 Å². The minimum absolute atomic E-state index is 0.120. The lowest BCUT2D eigenvalue weighted by molar-refractivity contribution is 0.631. The van der Waals surface area contributed by atoms with Crippen molar-refractivity contribution in [3.63, 3.8) is 0 Å². The summed E-state index contributed by atoms with van der Waals surface area (Å²) in [6.45, 7) is 0. The molecule has 1 N–H and O–H groups in total. The molecule has 0 fully saturated rings. The van der Waals surface area contributed by atoms with Crippen molar-refractivity contribution in [3.05, 3.63) is 40.3 Å². The summed E-state index contributed by atoms with van der Waals surface area (Å²) in [5.74, 6) is -0.462. The molecule has 0 unspecified atom stereocenters. The van der Waals surface area contributed by atoms with E-state index < -0.39 is 5.82 Å². The van der Waals surface area contributed by atoms with E-state index in [0.29, 0.717) is 4.47 Å². The first-order valence-corrected chi connectivity index (χ1v) is 4.69. The van der Waals surface area contributed by atoms with Crippen LogP contribution in [0.25, 0.3) is 0 Å². The Morgan fingerprint density at radius 1 is 1.40 bits per heavy atom. The number of rotatable bonds is 2. The second kappa shape index (κ2) is 5.14. The molecule has 3 nitrogen and oxygen atoms in total. The van der Waals surface area contributed by atoms with Crippen LogP contribution in [0.5, 0.6) is 0 Å². The molecule has 0 heterocycles. The normalized spacial score (nSPS) is 8.53. The second-order valence-electron chi connectivity index (χ2n) is 2.52. The maximum absolute atomic E-state index is 13.2. The molecule has 0 radical (unpaired) electrons. The highest BCUT2D eigenvalue weighted by Gasteiger charge is 2.04. The summed E-state index contributed by atoms with van der Waals surface area (Å²) < 4.78 is 13.7. The van der Waals surface area contributed by atoms with Crippen LogP contribution in [0.4, 0.5) is 10.1 Å². The topological polar surface area (TPSA) is 59.6 Å². The lowest BCUT2D eigenvalue weighted by Gasteiger charge is -2.04. The fourth-order valence-corrected chi connectivity index (χ4v) is 1.33. The van der Waals surface area contributed by atoms with Crippen molar-refractivity contribution in [2.45, 2.75) is 0 Å². The number of allylic oxidation sites excluding steroid dienone is 1. The molecule has 0 amide bonds. The Kier molecular flexibility index (Phi) is 3.84. The highest BCUT2D eigenvalue weighted by molar-refractivity contribution is 9.10. The lowest BCUT2D eigenvalue weighted by Crippen LogP contribution is -1.94. The Balaban J connectivity index is 2.98. The molecule has 0 bridgehead atoms. The van der Waals surface area contributed by atoms with Crippen LogP contribution in [0.2, 0.25) is 0 Å². The van der Waals surface area contributed by atoms with Crippen molar-refractivity contribution in [1.82, 2.24) is 0 Å². The van der Waals surface area contributed by atoms with Gasteiger partial charge >= 0.3 is 0 Å². The Morgan fingerprint density at radius 3 is 2.60 bits per heavy atom. The predicted molar refractivity (Wildman–Crippen MR) is 57.0 cm³/mol. The van der Waals surface area contributed by atoms with Crippen LogP contribution in [0.15, 0.2) is 34.4 Å². The number of nitrogens with one attached hydrogen (secondary N) is 1. The summed E-state index contributed by atoms with van der Waals surface area (Å²) in [5.41, 5.74) is 0.0747. The van der Waals surface area contributed by atoms with Gasteiger partial charge in [-0.2, -0.15) is 10.5 Å². The van der Waals surface area contributed by atoms with Crippen molar-refractivity contribution in [1.29, 1.82) is 10.5 Å². The van der Waals surface area contributed by atoms with Gasteiger partial charge in [0.1, 0.15) is 23.5 Å². The molecule has 1 rings (SSSR count). The minimum atomic E-state index is -0.462. The van der Waals surface area contributed by atoms with Gasteiger partial charge in [-0.15, -0.1) is 0 Å². The summed E-state index contributed by atoms with van der Waals surface area (Å²) in [4.78, 5) is 0. The largest absolute Gasteiger partial charge is 0.357 e. The monoisotopic (exact) mass is 265 g/mol. The van der Waals surface area contributed by atoms with Crippen LogP contribution in [0.1, 0.15) is 0 Å². The van der Waals surface area contributed by atoms with Gasteiger partial charge in [-0.3, -0.25) is 0 Å². The first-order valence-electron chi connectivity index (χ1n) is 3.90. The van der Waals surface area contributed by atoms with Gasteiger partial charge in [0.2, 0.25) is 0 Å². The van der Waals surface area contributed by atoms with Crippen molar-refractivity contribution in [2.75, 3.05) is 5.32 Å². The predicted octanol–water partition coefficient (Wildman–Crippen LogP) is 2.93. The fraction of sp³-hybridized carbons (Fsp3) is 0. The molecule has 0 saturated heterocycles. The van der Waals surface area contributed by atoms with E-state index in [2.05, 4.69) is 21.2 Å². The number of hydrogen-bond acceptors (Lipinski definition) is 3. The number of nitrogens with zero attached hydrogens (tertiary/aromatic N) is 2. The molecular formula is C10H5BrFN3. The van der Waals surface area contributed by atoms with E-state index in [1.165, 1.54) is 6.07 Å². The second-order valence-corrected chi connectivity index (χ2v) is 3.38. The van der Waals surface area contributed by atoms with Crippen molar-refractivity contribution in [2.24, 2.45) is 0 Å². The van der Waals surface area contributed by atoms with Crippen LogP contribution in [0, 0.1) is 28.5 Å². The molecule has 0 atom stereocenters. The van der Waals surface area contributed by atoms with Crippen LogP contribution in [-0.4, -0.2) is 0 Å². The van der Waals surface area contributed by atoms with E-state index in [9.17, 15) is 4.39 Å². The maximum atomic E-state index is 13.2. The Bertz CT molecular complexity index is 446. The van der Waals surface area contributed by atoms with Gasteiger partial charge in [0.25, 0.3) is 0 Å². The van der Waals surface area contributed by atoms with E-state index >= 15 is 0 Å². The molecule has 1 aromatic rings. The number of halogens is 2. The molecule has 1 aromatic carbocycles. The van der Waals surface area contributed by atoms with E-state index in [1.807, 2.05) is 0 Å². The highest BCUT2D eigenvalue weighted by Crippen LogP contribution is 2.25. The third-order valence-electron chi connectivity index (χ3n) is 1.56. The Hall–Kier alpha value is -1.85. The highest BCUT2D eigenvalue weighted by atomic mass is 79.9. The SMILES string of the molecule is N#CC(C#N)=CNc1c(F)cccc1Br. The minimum Gasteiger partial charge on any atom is -0.357 e. The van der Waals surface area contributed by atoms with Gasteiger partial charge < -0.3 is 5.32 Å². The summed E-state index contributed by atoms with van der Waals surface area (Å²) in [5, 5.41) is 19.5. The zero-order valence-electron chi connectivity index (χ0n) is 7.46. The van der Waals surface area contributed by atoms with Gasteiger partial charge in [-0.25, -0.2) is 4.39 Å². The Labute approximate surface area is 94.6 Å². The summed E-state index contributed by atoms with van der Waals surface area (Å²) in [6.07, 6.45) is 1.16. The first-order chi connectivity index (χ1) is 7.19. The van der Waals surface area contributed by atoms with Crippen LogP contribution >= 0.6 is 15.9 Å². The zero-order chi connectivity index (χ0) is 11.3. The third-order valence-corrected chi connectivity index (χ3v) is 2.23. The van der Waals surface area contributed by atoms with Crippen LogP contribution in [0.3, 0.4) is 0 Å². The van der Waals surface area contributed by atoms with Gasteiger partial charge in [-0.1, -0.05) is 6.07 Å². The van der Waals surface area contributed by atoms with Crippen molar-refractivity contribution < 1.29 is 4.39 Å². The third kappa shape index (κ3) is 2.80. The number of benzene rings is 1. The fourth-order valence-electron chi connectivity index (χ4n) is 0.870. The molecule has 0 aliphatic heterocycles. The van der Waals surface area contributed by atoms with Gasteiger partial charge in [0.05, 0.1) is 5.69 Å². The van der Waals surface area contributed by atoms with E-state index in [0.717, 1.165) is 6.20 Å². The lowest BCUT2D eigenvalue weighted by atomic mass is 10.3. The molecule has 0 aliphatic rings. The molecule has 0 aromatic heterocycles. The average Bonchev–Trinajstić information content (AvgIpc) is 2.23. The van der Waals surface area contributed by atoms with Crippen LogP contribution < -0.4 is 5.32 Å². The van der Waals surface area contributed by atoms with Crippen molar-refractivity contribution in [3.8, 4) is 12.1 Å². The van der Waals surface area contributed by atoms with E-state index in [-0.39, 0.29) is 11.3 Å². The zero-order valence-corrected chi connectivity index (χ0v) is 9.05. The molecule has 74 valence electrons. The standard InChI is InChI=1S/C10H5BrFN3/c11-8-2-1-3-9(12)10(8)15-6-7(4-13)5-14/h1-3,6,15H. The molecule has 5 heteroatoms. The molecule has 0 spiro atoms. The van der Waals surface area contributed by atoms with E-state index in [4.69, 9.17) is 10.5 Å². The maximum Gasteiger partial charge on any atom is 0.147 e. The molecule has 0 aliphatic carbocycles. The average molecular weight is 266 g/mol. The number of hydrogen-bond donors (Lipinski definition) is 1. The molecule has 15 heavy (non-hydrogen) atoms. The molecular weight excluding hydrogens is 261 g/mol. The molecule has 0 saturated carbocycles. The van der Waals surface area contributed by atoms with Gasteiger partial charge in [0, 0.05) is 10.7 Å². The Morgan fingerprint density at radius 2 is 2.07 bits per heavy atom. The summed E-state index contributed by atoms with van der Waals surface area (Å²) >= 11 is 3.14. The number of anilines is 1. The van der Waals surface area contributed by atoms with Crippen LogP contribution in [-0.2, 0) is 0 Å². The quantitative estimate of drug-likeness (QED) is 0.837. The number of para-hydroxylation sites is 1. The first kappa shape index (κ1) is 11.2. The smallest absolute Gasteiger partial charge is 0.147 e. The summed E-state index contributed by atoms with van der Waals surface area (Å²) in [7, 11) is 0. The summed E-state index contributed by atoms with van der Waals surface area (Å²) in [6, 6.07) is 7.79. The van der Waals surface area contributed by atoms with Crippen molar-refractivity contribution >= 4 is 21.6 Å².